The van der Waals surface area contributed by atoms with Crippen LogP contribution in [-0.4, -0.2) is 22.2 Å². The third-order valence-electron chi connectivity index (χ3n) is 3.05. The van der Waals surface area contributed by atoms with Gasteiger partial charge >= 0.3 is 5.97 Å². The van der Waals surface area contributed by atoms with Crippen LogP contribution < -0.4 is 10.1 Å². The number of aryl methyl sites for hydroxylation is 1. The van der Waals surface area contributed by atoms with Gasteiger partial charge in [-0.3, -0.25) is 10.1 Å². The highest BCUT2D eigenvalue weighted by atomic mass is 35.5. The van der Waals surface area contributed by atoms with Crippen LogP contribution in [-0.2, 0) is 4.79 Å². The van der Waals surface area contributed by atoms with E-state index in [1.807, 2.05) is 0 Å². The van der Waals surface area contributed by atoms with Crippen molar-refractivity contribution in [1.29, 1.82) is 0 Å². The molecule has 0 aromatic heterocycles. The fourth-order valence-corrected chi connectivity index (χ4v) is 2.32. The van der Waals surface area contributed by atoms with Crippen LogP contribution in [0.2, 0.25) is 10.0 Å². The Morgan fingerprint density at radius 3 is 2.58 bits per heavy atom. The zero-order valence-electron chi connectivity index (χ0n) is 12.3. The van der Waals surface area contributed by atoms with Crippen LogP contribution in [0.4, 0.5) is 11.4 Å². The van der Waals surface area contributed by atoms with Crippen LogP contribution in [0.15, 0.2) is 36.4 Å². The average Bonchev–Trinajstić information content (AvgIpc) is 2.50. The van der Waals surface area contributed by atoms with E-state index in [0.29, 0.717) is 16.3 Å². The molecule has 0 bridgehead atoms. The van der Waals surface area contributed by atoms with E-state index in [4.69, 9.17) is 27.9 Å². The Kier molecular flexibility index (Phi) is 5.48. The third-order valence-corrected chi connectivity index (χ3v) is 3.60. The van der Waals surface area contributed by atoms with Gasteiger partial charge in [-0.15, -0.1) is 0 Å². The van der Waals surface area contributed by atoms with Crippen LogP contribution in [0, 0.1) is 17.0 Å². The number of nitro groups is 1. The topological polar surface area (TPSA) is 102 Å². The zero-order valence-corrected chi connectivity index (χ0v) is 13.8. The number of anilines is 1. The minimum atomic E-state index is -1.45. The van der Waals surface area contributed by atoms with E-state index in [1.165, 1.54) is 12.1 Å². The molecule has 2 rings (SSSR count). The van der Waals surface area contributed by atoms with Gasteiger partial charge in [0.25, 0.3) is 11.9 Å². The molecule has 7 nitrogen and oxygen atoms in total. The van der Waals surface area contributed by atoms with Gasteiger partial charge in [0.2, 0.25) is 0 Å². The van der Waals surface area contributed by atoms with Crippen molar-refractivity contribution < 1.29 is 19.6 Å². The van der Waals surface area contributed by atoms with Gasteiger partial charge in [0.1, 0.15) is 10.8 Å². The molecule has 9 heteroatoms. The molecule has 1 atom stereocenters. The van der Waals surface area contributed by atoms with Gasteiger partial charge < -0.3 is 15.2 Å². The Morgan fingerprint density at radius 2 is 2.00 bits per heavy atom. The van der Waals surface area contributed by atoms with Gasteiger partial charge in [0, 0.05) is 16.8 Å². The number of carboxylic acids is 1. The Bertz CT molecular complexity index is 797. The number of aliphatic carboxylic acids is 1. The van der Waals surface area contributed by atoms with Crippen LogP contribution in [0.3, 0.4) is 0 Å². The molecule has 2 aromatic carbocycles. The van der Waals surface area contributed by atoms with Gasteiger partial charge in [-0.05, 0) is 42.8 Å². The summed E-state index contributed by atoms with van der Waals surface area (Å²) < 4.78 is 5.42. The maximum atomic E-state index is 11.4. The number of rotatable bonds is 6. The molecule has 0 heterocycles. The normalized spacial score (nSPS) is 11.6. The summed E-state index contributed by atoms with van der Waals surface area (Å²) in [7, 11) is 0. The summed E-state index contributed by atoms with van der Waals surface area (Å²) >= 11 is 11.6. The second kappa shape index (κ2) is 7.37. The number of nitro benzene ring substituents is 1. The summed E-state index contributed by atoms with van der Waals surface area (Å²) in [6, 6.07) is 8.59. The zero-order chi connectivity index (χ0) is 17.9. The van der Waals surface area contributed by atoms with Crippen LogP contribution >= 0.6 is 23.2 Å². The standard InChI is InChI=1S/C15H12Cl2N2O5/c1-8-6-9(16)2-5-13(8)24-14(15(20)21)18-10-3-4-11(17)12(7-10)19(22)23/h2-7,14,18H,1H3,(H,20,21). The highest BCUT2D eigenvalue weighted by Gasteiger charge is 2.22. The van der Waals surface area contributed by atoms with Gasteiger partial charge in [-0.25, -0.2) is 4.79 Å². The van der Waals surface area contributed by atoms with E-state index >= 15 is 0 Å². The number of nitrogens with one attached hydrogen (secondary N) is 1. The van der Waals surface area contributed by atoms with Crippen LogP contribution in [0.1, 0.15) is 5.56 Å². The molecular weight excluding hydrogens is 359 g/mol. The van der Waals surface area contributed by atoms with E-state index in [1.54, 1.807) is 25.1 Å². The number of nitrogens with zero attached hydrogens (tertiary/aromatic N) is 1. The van der Waals surface area contributed by atoms with Crippen molar-refractivity contribution in [2.75, 3.05) is 5.32 Å². The first-order valence-corrected chi connectivity index (χ1v) is 7.39. The van der Waals surface area contributed by atoms with Gasteiger partial charge in [0.15, 0.2) is 0 Å². The Hall–Kier alpha value is -2.51. The van der Waals surface area contributed by atoms with Crippen molar-refractivity contribution in [3.8, 4) is 5.75 Å². The molecule has 0 spiro atoms. The lowest BCUT2D eigenvalue weighted by Gasteiger charge is -2.19. The molecule has 24 heavy (non-hydrogen) atoms. The first-order chi connectivity index (χ1) is 11.3. The fraction of sp³-hybridized carbons (Fsp3) is 0.133. The molecule has 0 fully saturated rings. The predicted molar refractivity (Wildman–Crippen MR) is 90.0 cm³/mol. The SMILES string of the molecule is Cc1cc(Cl)ccc1OC(Nc1ccc(Cl)c([N+](=O)[O-])c1)C(=O)O. The lowest BCUT2D eigenvalue weighted by Crippen LogP contribution is -2.35. The van der Waals surface area contributed by atoms with Crippen molar-refractivity contribution in [3.63, 3.8) is 0 Å². The molecule has 2 N–H and O–H groups in total. The smallest absolute Gasteiger partial charge is 0.366 e. The second-order valence-corrected chi connectivity index (χ2v) is 5.66. The summed E-state index contributed by atoms with van der Waals surface area (Å²) in [6.07, 6.45) is -1.45. The molecule has 0 amide bonds. The number of benzene rings is 2. The van der Waals surface area contributed by atoms with Gasteiger partial charge in [0.05, 0.1) is 4.92 Å². The van der Waals surface area contributed by atoms with Crippen LogP contribution in [0.5, 0.6) is 5.75 Å². The fourth-order valence-electron chi connectivity index (χ4n) is 1.91. The molecular formula is C15H12Cl2N2O5. The van der Waals surface area contributed by atoms with Gasteiger partial charge in [-0.2, -0.15) is 0 Å². The number of hydrogen-bond donors (Lipinski definition) is 2. The van der Waals surface area contributed by atoms with Crippen molar-refractivity contribution >= 4 is 40.5 Å². The molecule has 2 aromatic rings. The molecule has 126 valence electrons. The first kappa shape index (κ1) is 17.8. The quantitative estimate of drug-likeness (QED) is 0.450. The van der Waals surface area contributed by atoms with E-state index in [2.05, 4.69) is 5.32 Å². The summed E-state index contributed by atoms with van der Waals surface area (Å²) in [5.74, 6) is -0.968. The molecule has 0 aliphatic rings. The first-order valence-electron chi connectivity index (χ1n) is 6.64. The summed E-state index contributed by atoms with van der Waals surface area (Å²) in [5.41, 5.74) is 0.497. The summed E-state index contributed by atoms with van der Waals surface area (Å²) in [5, 5.41) is 23.2. The average molecular weight is 371 g/mol. The van der Waals surface area contributed by atoms with Crippen molar-refractivity contribution in [1.82, 2.24) is 0 Å². The van der Waals surface area contributed by atoms with E-state index in [9.17, 15) is 20.0 Å². The van der Waals surface area contributed by atoms with Crippen molar-refractivity contribution in [2.45, 2.75) is 13.2 Å². The number of hydrogen-bond acceptors (Lipinski definition) is 5. The minimum absolute atomic E-state index is 0.0492. The maximum Gasteiger partial charge on any atom is 0.366 e. The molecule has 1 unspecified atom stereocenters. The van der Waals surface area contributed by atoms with Crippen LogP contribution in [0.25, 0.3) is 0 Å². The van der Waals surface area contributed by atoms with E-state index < -0.39 is 17.1 Å². The molecule has 0 saturated carbocycles. The summed E-state index contributed by atoms with van der Waals surface area (Å²) in [4.78, 5) is 21.6. The second-order valence-electron chi connectivity index (χ2n) is 4.81. The number of halogens is 2. The highest BCUT2D eigenvalue weighted by Crippen LogP contribution is 2.28. The lowest BCUT2D eigenvalue weighted by molar-refractivity contribution is -0.384. The third kappa shape index (κ3) is 4.27. The van der Waals surface area contributed by atoms with E-state index in [-0.39, 0.29) is 16.4 Å². The molecule has 0 aliphatic carbocycles. The van der Waals surface area contributed by atoms with E-state index in [0.717, 1.165) is 6.07 Å². The Morgan fingerprint density at radius 1 is 1.29 bits per heavy atom. The predicted octanol–water partition coefficient (Wildman–Crippen LogP) is 4.11. The van der Waals surface area contributed by atoms with Crippen molar-refractivity contribution in [3.05, 3.63) is 62.1 Å². The molecule has 0 radical (unpaired) electrons. The van der Waals surface area contributed by atoms with Gasteiger partial charge in [-0.1, -0.05) is 23.2 Å². The Labute approximate surface area is 146 Å². The minimum Gasteiger partial charge on any atom is -0.477 e. The molecule has 0 aliphatic heterocycles. The Balaban J connectivity index is 2.24. The highest BCUT2D eigenvalue weighted by molar-refractivity contribution is 6.32. The maximum absolute atomic E-state index is 11.4. The molecule has 0 saturated heterocycles. The largest absolute Gasteiger partial charge is 0.477 e. The monoisotopic (exact) mass is 370 g/mol. The number of ether oxygens (including phenoxy) is 1. The number of carbonyl (C=O) groups is 1. The lowest BCUT2D eigenvalue weighted by atomic mass is 10.2. The van der Waals surface area contributed by atoms with Crippen molar-refractivity contribution in [2.24, 2.45) is 0 Å². The summed E-state index contributed by atoms with van der Waals surface area (Å²) in [6.45, 7) is 1.72. The number of carboxylic acid groups (broad SMARTS) is 1.